The fourth-order valence-corrected chi connectivity index (χ4v) is 2.33. The van der Waals surface area contributed by atoms with E-state index in [0.29, 0.717) is 17.5 Å². The quantitative estimate of drug-likeness (QED) is 0.881. The molecule has 0 saturated heterocycles. The number of primary amides is 1. The molecule has 5 heteroatoms. The zero-order valence-corrected chi connectivity index (χ0v) is 13.7. The molecule has 0 fully saturated rings. The van der Waals surface area contributed by atoms with Crippen LogP contribution in [0.4, 0.5) is 0 Å². The van der Waals surface area contributed by atoms with Crippen molar-refractivity contribution in [3.8, 4) is 6.07 Å². The number of nitrogens with one attached hydrogen (secondary N) is 1. The van der Waals surface area contributed by atoms with E-state index in [1.54, 1.807) is 24.3 Å². The third-order valence-corrected chi connectivity index (χ3v) is 3.94. The Morgan fingerprint density at radius 3 is 2.33 bits per heavy atom. The van der Waals surface area contributed by atoms with Gasteiger partial charge in [-0.05, 0) is 54.8 Å². The lowest BCUT2D eigenvalue weighted by Crippen LogP contribution is -2.45. The Morgan fingerprint density at radius 1 is 1.12 bits per heavy atom. The van der Waals surface area contributed by atoms with Crippen LogP contribution in [0.3, 0.4) is 0 Å². The standard InChI is InChI=1S/C19H19N3O2/c1-12-3-4-15(9-13(12)2)10-17(18(21)23)22-19(24)16-7-5-14(11-20)6-8-16/h3-9,17H,10H2,1-2H3,(H2,21,23)(H,22,24)/t17-/m1/s1. The van der Waals surface area contributed by atoms with Gasteiger partial charge >= 0.3 is 0 Å². The Morgan fingerprint density at radius 2 is 1.79 bits per heavy atom. The Kier molecular flexibility index (Phi) is 5.33. The van der Waals surface area contributed by atoms with Gasteiger partial charge in [0, 0.05) is 12.0 Å². The summed E-state index contributed by atoms with van der Waals surface area (Å²) in [5.74, 6) is -0.984. The molecule has 0 aliphatic rings. The van der Waals surface area contributed by atoms with Crippen molar-refractivity contribution in [2.24, 2.45) is 5.73 Å². The van der Waals surface area contributed by atoms with Gasteiger partial charge < -0.3 is 11.1 Å². The lowest BCUT2D eigenvalue weighted by molar-refractivity contribution is -0.119. The summed E-state index contributed by atoms with van der Waals surface area (Å²) in [5.41, 5.74) is 9.48. The van der Waals surface area contributed by atoms with Crippen LogP contribution in [-0.4, -0.2) is 17.9 Å². The number of hydrogen-bond donors (Lipinski definition) is 2. The Bertz CT molecular complexity index is 804. The summed E-state index contributed by atoms with van der Waals surface area (Å²) in [5, 5.41) is 11.4. The highest BCUT2D eigenvalue weighted by atomic mass is 16.2. The molecule has 5 nitrogen and oxygen atoms in total. The smallest absolute Gasteiger partial charge is 0.251 e. The van der Waals surface area contributed by atoms with Crippen LogP contribution in [0.25, 0.3) is 0 Å². The van der Waals surface area contributed by atoms with Gasteiger partial charge in [0.05, 0.1) is 11.6 Å². The van der Waals surface area contributed by atoms with Crippen LogP contribution in [0.15, 0.2) is 42.5 Å². The van der Waals surface area contributed by atoms with Crippen molar-refractivity contribution < 1.29 is 9.59 Å². The van der Waals surface area contributed by atoms with Crippen LogP contribution in [-0.2, 0) is 11.2 Å². The molecular formula is C19H19N3O2. The number of rotatable bonds is 5. The number of nitrogens with two attached hydrogens (primary N) is 1. The molecule has 0 aromatic heterocycles. The fourth-order valence-electron chi connectivity index (χ4n) is 2.33. The number of aryl methyl sites for hydroxylation is 2. The van der Waals surface area contributed by atoms with Gasteiger partial charge in [0.15, 0.2) is 0 Å². The van der Waals surface area contributed by atoms with Crippen LogP contribution in [0.5, 0.6) is 0 Å². The molecule has 0 saturated carbocycles. The fraction of sp³-hybridized carbons (Fsp3) is 0.211. The minimum Gasteiger partial charge on any atom is -0.368 e. The molecular weight excluding hydrogens is 302 g/mol. The van der Waals surface area contributed by atoms with E-state index in [0.717, 1.165) is 16.7 Å². The Balaban J connectivity index is 2.12. The number of carbonyl (C=O) groups is 2. The zero-order chi connectivity index (χ0) is 17.7. The molecule has 2 amide bonds. The van der Waals surface area contributed by atoms with Crippen molar-refractivity contribution >= 4 is 11.8 Å². The number of carbonyl (C=O) groups excluding carboxylic acids is 2. The van der Waals surface area contributed by atoms with Crippen LogP contribution < -0.4 is 11.1 Å². The summed E-state index contributed by atoms with van der Waals surface area (Å²) < 4.78 is 0. The zero-order valence-electron chi connectivity index (χ0n) is 13.7. The average Bonchev–Trinajstić information content (AvgIpc) is 2.57. The molecule has 0 unspecified atom stereocenters. The van der Waals surface area contributed by atoms with Crippen molar-refractivity contribution in [1.29, 1.82) is 5.26 Å². The number of amides is 2. The normalized spacial score (nSPS) is 11.4. The molecule has 0 heterocycles. The van der Waals surface area contributed by atoms with Crippen LogP contribution in [0.2, 0.25) is 0 Å². The van der Waals surface area contributed by atoms with Gasteiger partial charge in [-0.1, -0.05) is 18.2 Å². The topological polar surface area (TPSA) is 96.0 Å². The van der Waals surface area contributed by atoms with Gasteiger partial charge in [-0.3, -0.25) is 9.59 Å². The highest BCUT2D eigenvalue weighted by Gasteiger charge is 2.19. The SMILES string of the molecule is Cc1ccc(C[C@@H](NC(=O)c2ccc(C#N)cc2)C(N)=O)cc1C. The third-order valence-electron chi connectivity index (χ3n) is 3.94. The van der Waals surface area contributed by atoms with Crippen molar-refractivity contribution in [2.45, 2.75) is 26.3 Å². The molecule has 122 valence electrons. The molecule has 24 heavy (non-hydrogen) atoms. The highest BCUT2D eigenvalue weighted by Crippen LogP contribution is 2.12. The monoisotopic (exact) mass is 321 g/mol. The summed E-state index contributed by atoms with van der Waals surface area (Å²) in [6.07, 6.45) is 0.332. The van der Waals surface area contributed by atoms with Gasteiger partial charge in [-0.2, -0.15) is 5.26 Å². The van der Waals surface area contributed by atoms with Crippen molar-refractivity contribution in [1.82, 2.24) is 5.32 Å². The van der Waals surface area contributed by atoms with E-state index in [-0.39, 0.29) is 0 Å². The second-order valence-corrected chi connectivity index (χ2v) is 5.74. The Labute approximate surface area is 141 Å². The molecule has 0 aliphatic carbocycles. The first-order valence-corrected chi connectivity index (χ1v) is 7.57. The lowest BCUT2D eigenvalue weighted by Gasteiger charge is -2.16. The predicted octanol–water partition coefficient (Wildman–Crippen LogP) is 2.00. The Hall–Kier alpha value is -3.13. The summed E-state index contributed by atoms with van der Waals surface area (Å²) in [6.45, 7) is 4.00. The summed E-state index contributed by atoms with van der Waals surface area (Å²) in [4.78, 5) is 24.0. The molecule has 0 aliphatic heterocycles. The largest absolute Gasteiger partial charge is 0.368 e. The third kappa shape index (κ3) is 4.20. The number of benzene rings is 2. The van der Waals surface area contributed by atoms with Crippen LogP contribution >= 0.6 is 0 Å². The maximum absolute atomic E-state index is 12.3. The first-order valence-electron chi connectivity index (χ1n) is 7.57. The van der Waals surface area contributed by atoms with E-state index in [4.69, 9.17) is 11.0 Å². The van der Waals surface area contributed by atoms with Gasteiger partial charge in [-0.15, -0.1) is 0 Å². The molecule has 2 aromatic rings. The van der Waals surface area contributed by atoms with E-state index in [2.05, 4.69) is 5.32 Å². The summed E-state index contributed by atoms with van der Waals surface area (Å²) in [6, 6.07) is 13.3. The van der Waals surface area contributed by atoms with Crippen molar-refractivity contribution in [3.05, 3.63) is 70.3 Å². The van der Waals surface area contributed by atoms with Crippen LogP contribution in [0.1, 0.15) is 32.6 Å². The highest BCUT2D eigenvalue weighted by molar-refractivity contribution is 5.97. The van der Waals surface area contributed by atoms with E-state index >= 15 is 0 Å². The summed E-state index contributed by atoms with van der Waals surface area (Å²) >= 11 is 0. The molecule has 2 rings (SSSR count). The molecule has 0 radical (unpaired) electrons. The predicted molar refractivity (Wildman–Crippen MR) is 91.2 cm³/mol. The van der Waals surface area contributed by atoms with Gasteiger partial charge in [-0.25, -0.2) is 0 Å². The minimum atomic E-state index is -0.796. The summed E-state index contributed by atoms with van der Waals surface area (Å²) in [7, 11) is 0. The molecule has 0 spiro atoms. The molecule has 0 bridgehead atoms. The van der Waals surface area contributed by atoms with Gasteiger partial charge in [0.1, 0.15) is 6.04 Å². The minimum absolute atomic E-state index is 0.332. The molecule has 2 aromatic carbocycles. The van der Waals surface area contributed by atoms with Crippen molar-refractivity contribution in [2.75, 3.05) is 0 Å². The van der Waals surface area contributed by atoms with E-state index in [1.165, 1.54) is 0 Å². The van der Waals surface area contributed by atoms with Gasteiger partial charge in [0.25, 0.3) is 5.91 Å². The first-order chi connectivity index (χ1) is 11.4. The van der Waals surface area contributed by atoms with Crippen LogP contribution in [0, 0.1) is 25.2 Å². The number of hydrogen-bond acceptors (Lipinski definition) is 3. The van der Waals surface area contributed by atoms with Crippen molar-refractivity contribution in [3.63, 3.8) is 0 Å². The maximum atomic E-state index is 12.3. The van der Waals surface area contributed by atoms with E-state index in [1.807, 2.05) is 38.1 Å². The average molecular weight is 321 g/mol. The van der Waals surface area contributed by atoms with E-state index in [9.17, 15) is 9.59 Å². The van der Waals surface area contributed by atoms with Gasteiger partial charge in [0.2, 0.25) is 5.91 Å². The number of nitriles is 1. The second-order valence-electron chi connectivity index (χ2n) is 5.74. The number of nitrogens with zero attached hydrogens (tertiary/aromatic N) is 1. The van der Waals surface area contributed by atoms with E-state index < -0.39 is 17.9 Å². The molecule has 1 atom stereocenters. The maximum Gasteiger partial charge on any atom is 0.251 e. The lowest BCUT2D eigenvalue weighted by atomic mass is 10.0. The molecule has 3 N–H and O–H groups in total. The first kappa shape index (κ1) is 17.2. The second kappa shape index (κ2) is 7.42.